The van der Waals surface area contributed by atoms with Crippen molar-refractivity contribution in [3.63, 3.8) is 0 Å². The monoisotopic (exact) mass is 280 g/mol. The summed E-state index contributed by atoms with van der Waals surface area (Å²) >= 11 is 3.53. The van der Waals surface area contributed by atoms with Gasteiger partial charge in [0.1, 0.15) is 0 Å². The van der Waals surface area contributed by atoms with E-state index in [1.54, 1.807) is 0 Å². The second-order valence-electron chi connectivity index (χ2n) is 4.67. The Kier molecular flexibility index (Phi) is 4.37. The Hall–Kier alpha value is -0.560. The maximum absolute atomic E-state index is 3.53. The van der Waals surface area contributed by atoms with Crippen LogP contribution in [0, 0.1) is 0 Å². The summed E-state index contributed by atoms with van der Waals surface area (Å²) < 4.78 is 1.17. The van der Waals surface area contributed by atoms with E-state index in [1.807, 2.05) is 13.8 Å². The Morgan fingerprint density at radius 3 is 2.44 bits per heavy atom. The highest BCUT2D eigenvalue weighted by Gasteiger charge is 2.26. The first-order chi connectivity index (χ1) is 7.50. The molecule has 0 unspecified atom stereocenters. The van der Waals surface area contributed by atoms with Gasteiger partial charge in [-0.3, -0.25) is 0 Å². The normalized spacial score (nSPS) is 16.8. The van der Waals surface area contributed by atoms with E-state index in [1.165, 1.54) is 21.2 Å². The quantitative estimate of drug-likeness (QED) is 0.584. The van der Waals surface area contributed by atoms with Gasteiger partial charge in [-0.1, -0.05) is 55.8 Å². The van der Waals surface area contributed by atoms with Gasteiger partial charge in [0.2, 0.25) is 0 Å². The fraction of sp³-hybridized carbons (Fsp3) is 0.467. The number of rotatable bonds is 0. The van der Waals surface area contributed by atoms with Crippen molar-refractivity contribution < 1.29 is 0 Å². The molecule has 88 valence electrons. The lowest BCUT2D eigenvalue weighted by Gasteiger charge is -2.31. The number of hydrogen-bond acceptors (Lipinski definition) is 0. The Labute approximate surface area is 108 Å². The van der Waals surface area contributed by atoms with Crippen LogP contribution in [0.25, 0.3) is 5.57 Å². The predicted octanol–water partition coefficient (Wildman–Crippen LogP) is 5.56. The molecular formula is C15H21Br. The van der Waals surface area contributed by atoms with Crippen molar-refractivity contribution in [2.45, 2.75) is 46.5 Å². The summed E-state index contributed by atoms with van der Waals surface area (Å²) in [6.45, 7) is 10.8. The van der Waals surface area contributed by atoms with Crippen molar-refractivity contribution in [3.8, 4) is 0 Å². The van der Waals surface area contributed by atoms with E-state index in [0.29, 0.717) is 0 Å². The summed E-state index contributed by atoms with van der Waals surface area (Å²) in [6, 6.07) is 6.61. The molecule has 1 heteroatoms. The van der Waals surface area contributed by atoms with Crippen LogP contribution in [0.4, 0.5) is 0 Å². The third-order valence-electron chi connectivity index (χ3n) is 3.05. The van der Waals surface area contributed by atoms with Crippen molar-refractivity contribution in [3.05, 3.63) is 39.9 Å². The van der Waals surface area contributed by atoms with Gasteiger partial charge in [-0.25, -0.2) is 0 Å². The number of allylic oxidation sites excluding steroid dienone is 2. The van der Waals surface area contributed by atoms with Gasteiger partial charge in [0.15, 0.2) is 0 Å². The van der Waals surface area contributed by atoms with Crippen LogP contribution in [0.5, 0.6) is 0 Å². The van der Waals surface area contributed by atoms with E-state index in [4.69, 9.17) is 0 Å². The maximum Gasteiger partial charge on any atom is 0.0181 e. The Bertz CT molecular complexity index is 400. The highest BCUT2D eigenvalue weighted by Crippen LogP contribution is 2.39. The fourth-order valence-corrected chi connectivity index (χ4v) is 2.42. The predicted molar refractivity (Wildman–Crippen MR) is 76.8 cm³/mol. The van der Waals surface area contributed by atoms with Crippen LogP contribution < -0.4 is 0 Å². The second kappa shape index (κ2) is 5.18. The molecule has 1 aromatic carbocycles. The average Bonchev–Trinajstić information content (AvgIpc) is 2.27. The third kappa shape index (κ3) is 2.57. The molecule has 16 heavy (non-hydrogen) atoms. The average molecular weight is 281 g/mol. The van der Waals surface area contributed by atoms with Gasteiger partial charge in [0.05, 0.1) is 0 Å². The summed E-state index contributed by atoms with van der Waals surface area (Å²) in [5.41, 5.74) is 4.56. The van der Waals surface area contributed by atoms with Gasteiger partial charge in [0.25, 0.3) is 0 Å². The molecule has 0 saturated heterocycles. The lowest BCUT2D eigenvalue weighted by molar-refractivity contribution is 0.527. The molecular weight excluding hydrogens is 260 g/mol. The van der Waals surface area contributed by atoms with Crippen molar-refractivity contribution in [2.75, 3.05) is 0 Å². The van der Waals surface area contributed by atoms with E-state index < -0.39 is 0 Å². The van der Waals surface area contributed by atoms with Gasteiger partial charge >= 0.3 is 0 Å². The van der Waals surface area contributed by atoms with E-state index in [2.05, 4.69) is 61.0 Å². The first kappa shape index (κ1) is 13.5. The zero-order chi connectivity index (χ0) is 12.3. The summed E-state index contributed by atoms with van der Waals surface area (Å²) in [5, 5.41) is 0. The molecule has 0 aromatic heterocycles. The molecule has 0 amide bonds. The molecule has 0 saturated carbocycles. The molecule has 0 N–H and O–H groups in total. The lowest BCUT2D eigenvalue weighted by Crippen LogP contribution is -2.21. The van der Waals surface area contributed by atoms with Crippen molar-refractivity contribution >= 4 is 21.5 Å². The lowest BCUT2D eigenvalue weighted by atomic mass is 9.74. The zero-order valence-electron chi connectivity index (χ0n) is 10.9. The van der Waals surface area contributed by atoms with E-state index in [9.17, 15) is 0 Å². The van der Waals surface area contributed by atoms with Crippen molar-refractivity contribution in [1.82, 2.24) is 0 Å². The topological polar surface area (TPSA) is 0 Å². The van der Waals surface area contributed by atoms with Crippen LogP contribution in [-0.2, 0) is 5.41 Å². The molecule has 0 spiro atoms. The number of fused-ring (bicyclic) bond motifs is 1. The standard InChI is InChI=1S/C13H15Br.C2H6/c1-9-6-7-13(2,3)12-5-4-10(14)8-11(9)12;1-2/h4-6,8H,7H2,1-3H3;1-2H3. The molecule has 1 aliphatic rings. The van der Waals surface area contributed by atoms with Gasteiger partial charge in [-0.2, -0.15) is 0 Å². The summed E-state index contributed by atoms with van der Waals surface area (Å²) in [5.74, 6) is 0. The van der Waals surface area contributed by atoms with E-state index >= 15 is 0 Å². The highest BCUT2D eigenvalue weighted by molar-refractivity contribution is 9.10. The van der Waals surface area contributed by atoms with E-state index in [-0.39, 0.29) is 5.41 Å². The van der Waals surface area contributed by atoms with Crippen LogP contribution >= 0.6 is 15.9 Å². The third-order valence-corrected chi connectivity index (χ3v) is 3.55. The van der Waals surface area contributed by atoms with Gasteiger partial charge in [0, 0.05) is 4.47 Å². The number of benzene rings is 1. The molecule has 1 aliphatic carbocycles. The zero-order valence-corrected chi connectivity index (χ0v) is 12.5. The Morgan fingerprint density at radius 1 is 1.19 bits per heavy atom. The van der Waals surface area contributed by atoms with Gasteiger partial charge in [-0.05, 0) is 47.6 Å². The molecule has 0 bridgehead atoms. The van der Waals surface area contributed by atoms with E-state index in [0.717, 1.165) is 6.42 Å². The molecule has 0 radical (unpaired) electrons. The first-order valence-electron chi connectivity index (χ1n) is 5.98. The van der Waals surface area contributed by atoms with Crippen molar-refractivity contribution in [2.24, 2.45) is 0 Å². The molecule has 1 aromatic rings. The van der Waals surface area contributed by atoms with Crippen LogP contribution in [0.1, 0.15) is 52.2 Å². The van der Waals surface area contributed by atoms with Crippen LogP contribution in [0.3, 0.4) is 0 Å². The molecule has 0 atom stereocenters. The van der Waals surface area contributed by atoms with Crippen molar-refractivity contribution in [1.29, 1.82) is 0 Å². The Morgan fingerprint density at radius 2 is 1.81 bits per heavy atom. The van der Waals surface area contributed by atoms with Gasteiger partial charge in [-0.15, -0.1) is 0 Å². The molecule has 0 aliphatic heterocycles. The fourth-order valence-electron chi connectivity index (χ4n) is 2.06. The van der Waals surface area contributed by atoms with Gasteiger partial charge < -0.3 is 0 Å². The molecule has 2 rings (SSSR count). The summed E-state index contributed by atoms with van der Waals surface area (Å²) in [4.78, 5) is 0. The number of halogens is 1. The second-order valence-corrected chi connectivity index (χ2v) is 5.58. The molecule has 0 nitrogen and oxygen atoms in total. The van der Waals surface area contributed by atoms with Crippen LogP contribution in [0.2, 0.25) is 0 Å². The maximum atomic E-state index is 3.53. The first-order valence-corrected chi connectivity index (χ1v) is 6.77. The highest BCUT2D eigenvalue weighted by atomic mass is 79.9. The molecule has 0 heterocycles. The largest absolute Gasteiger partial charge is 0.0801 e. The summed E-state index contributed by atoms with van der Waals surface area (Å²) in [7, 11) is 0. The minimum atomic E-state index is 0.287. The Balaban J connectivity index is 0.000000606. The summed E-state index contributed by atoms with van der Waals surface area (Å²) in [6.07, 6.45) is 3.49. The smallest absolute Gasteiger partial charge is 0.0181 e. The minimum Gasteiger partial charge on any atom is -0.0801 e. The minimum absolute atomic E-state index is 0.287. The SMILES string of the molecule is CC.CC1=CCC(C)(C)c2ccc(Br)cc21. The number of hydrogen-bond donors (Lipinski definition) is 0. The van der Waals surface area contributed by atoms with Crippen LogP contribution in [-0.4, -0.2) is 0 Å². The molecule has 0 fully saturated rings. The van der Waals surface area contributed by atoms with Crippen LogP contribution in [0.15, 0.2) is 28.7 Å².